The fraction of sp³-hybridized carbons (Fsp3) is 0.290. The Morgan fingerprint density at radius 1 is 0.667 bits per heavy atom. The number of rotatable bonds is 9. The minimum Gasteiger partial charge on any atom is -0.493 e. The second-order valence-electron chi connectivity index (χ2n) is 9.64. The van der Waals surface area contributed by atoms with Gasteiger partial charge in [0.15, 0.2) is 23.0 Å². The molecule has 1 heterocycles. The average Bonchev–Trinajstić information content (AvgIpc) is 3.38. The number of hydrogen-bond acceptors (Lipinski definition) is 7. The van der Waals surface area contributed by atoms with Gasteiger partial charge in [0.05, 0.1) is 41.2 Å². The predicted molar refractivity (Wildman–Crippen MR) is 152 cm³/mol. The lowest BCUT2D eigenvalue weighted by atomic mass is 9.96. The minimum absolute atomic E-state index is 0.339. The SMILES string of the molecule is COc1cc2cc(Cn3cc(COc4c(C)cc(C)cc4C)nn3)c3cc(OC)c(OC)cc3c2cc1OC. The zero-order chi connectivity index (χ0) is 27.7. The molecule has 0 saturated heterocycles. The van der Waals surface area contributed by atoms with Gasteiger partial charge >= 0.3 is 0 Å². The van der Waals surface area contributed by atoms with Gasteiger partial charge in [-0.1, -0.05) is 22.9 Å². The molecule has 0 aliphatic heterocycles. The number of benzene rings is 4. The molecule has 8 heteroatoms. The molecule has 0 radical (unpaired) electrons. The van der Waals surface area contributed by atoms with Crippen molar-refractivity contribution in [2.45, 2.75) is 33.9 Å². The highest BCUT2D eigenvalue weighted by atomic mass is 16.5. The summed E-state index contributed by atoms with van der Waals surface area (Å²) in [5.41, 5.74) is 5.24. The Hall–Kier alpha value is -4.46. The Morgan fingerprint density at radius 2 is 1.23 bits per heavy atom. The monoisotopic (exact) mass is 527 g/mol. The first-order valence-electron chi connectivity index (χ1n) is 12.7. The quantitative estimate of drug-likeness (QED) is 0.212. The topological polar surface area (TPSA) is 76.9 Å². The Bertz CT molecular complexity index is 1650. The van der Waals surface area contributed by atoms with Crippen LogP contribution in [0.4, 0.5) is 0 Å². The van der Waals surface area contributed by atoms with Crippen LogP contribution in [0.25, 0.3) is 21.5 Å². The molecule has 0 unspecified atom stereocenters. The van der Waals surface area contributed by atoms with Crippen LogP contribution in [0.3, 0.4) is 0 Å². The summed E-state index contributed by atoms with van der Waals surface area (Å²) in [4.78, 5) is 0. The van der Waals surface area contributed by atoms with Gasteiger partial charge in [0.25, 0.3) is 0 Å². The van der Waals surface area contributed by atoms with Crippen LogP contribution < -0.4 is 23.7 Å². The first-order valence-corrected chi connectivity index (χ1v) is 12.7. The Labute approximate surface area is 228 Å². The Kier molecular flexibility index (Phi) is 7.19. The standard InChI is InChI=1S/C31H33N3O5/c1-18-8-19(2)31(20(3)9-18)39-17-23-16-34(33-32-23)15-22-10-21-11-27(35-4)28(36-5)12-24(21)26-14-30(38-7)29(37-6)13-25(22)26/h8-14,16H,15,17H2,1-7H3. The van der Waals surface area contributed by atoms with Crippen molar-refractivity contribution in [3.8, 4) is 28.7 Å². The van der Waals surface area contributed by atoms with Crippen LogP contribution in [0.5, 0.6) is 28.7 Å². The first-order chi connectivity index (χ1) is 18.8. The molecule has 202 valence electrons. The normalized spacial score (nSPS) is 11.2. The summed E-state index contributed by atoms with van der Waals surface area (Å²) in [6.07, 6.45) is 1.92. The number of aryl methyl sites for hydroxylation is 3. The van der Waals surface area contributed by atoms with E-state index in [1.165, 1.54) is 5.56 Å². The molecule has 5 rings (SSSR count). The van der Waals surface area contributed by atoms with Crippen molar-refractivity contribution in [1.29, 1.82) is 0 Å². The van der Waals surface area contributed by atoms with Crippen molar-refractivity contribution >= 4 is 21.5 Å². The predicted octanol–water partition coefficient (Wildman–Crippen LogP) is 6.17. The highest BCUT2D eigenvalue weighted by Gasteiger charge is 2.16. The van der Waals surface area contributed by atoms with Crippen LogP contribution in [0.1, 0.15) is 27.9 Å². The highest BCUT2D eigenvalue weighted by Crippen LogP contribution is 2.41. The van der Waals surface area contributed by atoms with Crippen LogP contribution in [0, 0.1) is 20.8 Å². The van der Waals surface area contributed by atoms with Gasteiger partial charge in [-0.2, -0.15) is 0 Å². The van der Waals surface area contributed by atoms with Gasteiger partial charge in [-0.15, -0.1) is 5.10 Å². The molecule has 0 spiro atoms. The molecule has 39 heavy (non-hydrogen) atoms. The molecular formula is C31H33N3O5. The van der Waals surface area contributed by atoms with Crippen molar-refractivity contribution < 1.29 is 23.7 Å². The summed E-state index contributed by atoms with van der Waals surface area (Å²) in [5, 5.41) is 12.8. The minimum atomic E-state index is 0.339. The van der Waals surface area contributed by atoms with E-state index in [2.05, 4.69) is 49.3 Å². The molecule has 8 nitrogen and oxygen atoms in total. The molecule has 0 saturated carbocycles. The summed E-state index contributed by atoms with van der Waals surface area (Å²) in [5.74, 6) is 3.52. The van der Waals surface area contributed by atoms with Gasteiger partial charge in [-0.05, 0) is 89.3 Å². The summed E-state index contributed by atoms with van der Waals surface area (Å²) < 4.78 is 30.4. The van der Waals surface area contributed by atoms with E-state index in [0.717, 1.165) is 49.7 Å². The van der Waals surface area contributed by atoms with Gasteiger partial charge < -0.3 is 23.7 Å². The third kappa shape index (κ3) is 5.02. The molecule has 0 bridgehead atoms. The summed E-state index contributed by atoms with van der Waals surface area (Å²) in [6, 6.07) is 14.4. The zero-order valence-corrected chi connectivity index (χ0v) is 23.4. The highest BCUT2D eigenvalue weighted by molar-refractivity contribution is 6.11. The molecule has 0 fully saturated rings. The molecule has 0 N–H and O–H groups in total. The smallest absolute Gasteiger partial charge is 0.161 e. The second-order valence-corrected chi connectivity index (χ2v) is 9.64. The largest absolute Gasteiger partial charge is 0.493 e. The maximum absolute atomic E-state index is 6.13. The van der Waals surface area contributed by atoms with Gasteiger partial charge in [-0.3, -0.25) is 0 Å². The fourth-order valence-corrected chi connectivity index (χ4v) is 5.21. The fourth-order valence-electron chi connectivity index (χ4n) is 5.21. The molecule has 0 atom stereocenters. The lowest BCUT2D eigenvalue weighted by Crippen LogP contribution is -2.03. The van der Waals surface area contributed by atoms with Crippen molar-refractivity contribution in [3.05, 3.63) is 76.6 Å². The molecular weight excluding hydrogens is 494 g/mol. The number of ether oxygens (including phenoxy) is 5. The van der Waals surface area contributed by atoms with E-state index in [4.69, 9.17) is 23.7 Å². The van der Waals surface area contributed by atoms with E-state index >= 15 is 0 Å². The average molecular weight is 528 g/mol. The molecule has 5 aromatic rings. The van der Waals surface area contributed by atoms with E-state index in [0.29, 0.717) is 36.1 Å². The lowest BCUT2D eigenvalue weighted by molar-refractivity contribution is 0.297. The van der Waals surface area contributed by atoms with Crippen molar-refractivity contribution in [2.75, 3.05) is 28.4 Å². The van der Waals surface area contributed by atoms with E-state index in [9.17, 15) is 0 Å². The number of nitrogens with zero attached hydrogens (tertiary/aromatic N) is 3. The maximum Gasteiger partial charge on any atom is 0.161 e. The summed E-state index contributed by atoms with van der Waals surface area (Å²) in [7, 11) is 6.55. The third-order valence-corrected chi connectivity index (χ3v) is 6.93. The van der Waals surface area contributed by atoms with Crippen LogP contribution in [0.15, 0.2) is 48.7 Å². The summed E-state index contributed by atoms with van der Waals surface area (Å²) >= 11 is 0. The summed E-state index contributed by atoms with van der Waals surface area (Å²) in [6.45, 7) is 7.05. The van der Waals surface area contributed by atoms with Crippen LogP contribution >= 0.6 is 0 Å². The van der Waals surface area contributed by atoms with Crippen LogP contribution in [-0.2, 0) is 13.2 Å². The van der Waals surface area contributed by atoms with E-state index < -0.39 is 0 Å². The lowest BCUT2D eigenvalue weighted by Gasteiger charge is -2.16. The first kappa shape index (κ1) is 26.2. The van der Waals surface area contributed by atoms with Gasteiger partial charge in [-0.25, -0.2) is 4.68 Å². The number of aromatic nitrogens is 3. The maximum atomic E-state index is 6.13. The number of methoxy groups -OCH3 is 4. The molecule has 0 aliphatic carbocycles. The van der Waals surface area contributed by atoms with Crippen LogP contribution in [0.2, 0.25) is 0 Å². The Balaban J connectivity index is 1.53. The van der Waals surface area contributed by atoms with Crippen molar-refractivity contribution in [2.24, 2.45) is 0 Å². The van der Waals surface area contributed by atoms with Crippen LogP contribution in [-0.4, -0.2) is 43.4 Å². The van der Waals surface area contributed by atoms with Crippen molar-refractivity contribution in [1.82, 2.24) is 15.0 Å². The number of fused-ring (bicyclic) bond motifs is 3. The molecule has 0 amide bonds. The van der Waals surface area contributed by atoms with E-state index in [1.54, 1.807) is 28.4 Å². The van der Waals surface area contributed by atoms with Crippen molar-refractivity contribution in [3.63, 3.8) is 0 Å². The van der Waals surface area contributed by atoms with E-state index in [1.807, 2.05) is 35.1 Å². The molecule has 4 aromatic carbocycles. The third-order valence-electron chi connectivity index (χ3n) is 6.93. The van der Waals surface area contributed by atoms with Gasteiger partial charge in [0.1, 0.15) is 18.1 Å². The molecule has 0 aliphatic rings. The second kappa shape index (κ2) is 10.7. The van der Waals surface area contributed by atoms with E-state index in [-0.39, 0.29) is 0 Å². The molecule has 1 aromatic heterocycles. The van der Waals surface area contributed by atoms with Gasteiger partial charge in [0.2, 0.25) is 0 Å². The number of hydrogen-bond donors (Lipinski definition) is 0. The Morgan fingerprint density at radius 3 is 1.85 bits per heavy atom. The zero-order valence-electron chi connectivity index (χ0n) is 23.4. The van der Waals surface area contributed by atoms with Gasteiger partial charge in [0, 0.05) is 0 Å².